The van der Waals surface area contributed by atoms with E-state index in [1.807, 2.05) is 41.1 Å². The minimum absolute atomic E-state index is 0.135. The van der Waals surface area contributed by atoms with E-state index < -0.39 is 0 Å². The molecule has 1 aromatic carbocycles. The maximum atomic E-state index is 13.4. The predicted octanol–water partition coefficient (Wildman–Crippen LogP) is 4.56. The van der Waals surface area contributed by atoms with Crippen LogP contribution in [0.2, 0.25) is 0 Å². The second kappa shape index (κ2) is 9.84. The van der Waals surface area contributed by atoms with Crippen LogP contribution in [0.15, 0.2) is 71.5 Å². The number of aromatic nitrogens is 4. The molecule has 1 N–H and O–H groups in total. The molecule has 4 aromatic rings. The molecule has 0 aliphatic heterocycles. The van der Waals surface area contributed by atoms with Gasteiger partial charge in [-0.05, 0) is 48.2 Å². The van der Waals surface area contributed by atoms with Gasteiger partial charge in [0.1, 0.15) is 5.82 Å². The van der Waals surface area contributed by atoms with Gasteiger partial charge in [-0.2, -0.15) is 0 Å². The molecule has 9 heteroatoms. The summed E-state index contributed by atoms with van der Waals surface area (Å²) in [4.78, 5) is 17.8. The third-order valence-electron chi connectivity index (χ3n) is 4.64. The molecule has 0 bridgehead atoms. The number of hydrogen-bond donors (Lipinski definition) is 1. The lowest BCUT2D eigenvalue weighted by Gasteiger charge is -2.18. The Morgan fingerprint density at radius 2 is 1.94 bits per heavy atom. The van der Waals surface area contributed by atoms with E-state index in [0.717, 1.165) is 21.8 Å². The van der Waals surface area contributed by atoms with E-state index in [1.165, 1.54) is 23.9 Å². The fourth-order valence-corrected chi connectivity index (χ4v) is 4.77. The molecule has 6 nitrogen and oxygen atoms in total. The molecule has 0 aliphatic rings. The molecule has 1 atom stereocenters. The van der Waals surface area contributed by atoms with Crippen LogP contribution in [0.25, 0.3) is 11.4 Å². The fourth-order valence-electron chi connectivity index (χ4n) is 3.16. The van der Waals surface area contributed by atoms with Crippen molar-refractivity contribution in [2.75, 3.05) is 5.75 Å². The van der Waals surface area contributed by atoms with Gasteiger partial charge in [-0.25, -0.2) is 4.39 Å². The van der Waals surface area contributed by atoms with Gasteiger partial charge < -0.3 is 9.88 Å². The van der Waals surface area contributed by atoms with Gasteiger partial charge in [-0.3, -0.25) is 9.78 Å². The zero-order valence-corrected chi connectivity index (χ0v) is 18.4. The second-order valence-electron chi connectivity index (χ2n) is 6.64. The van der Waals surface area contributed by atoms with Crippen molar-refractivity contribution in [1.29, 1.82) is 0 Å². The molecule has 3 aromatic heterocycles. The molecule has 0 saturated carbocycles. The SMILES string of the molecule is CCn1c(SCC(=O)N[C@@H](c2ccc(F)cc2)c2cccs2)nnc1-c1ccncc1. The Hall–Kier alpha value is -3.04. The summed E-state index contributed by atoms with van der Waals surface area (Å²) in [7, 11) is 0. The fraction of sp³-hybridized carbons (Fsp3) is 0.182. The first-order valence-electron chi connectivity index (χ1n) is 9.70. The normalized spacial score (nSPS) is 11.9. The average Bonchev–Trinajstić information content (AvgIpc) is 3.47. The minimum Gasteiger partial charge on any atom is -0.344 e. The number of halogens is 1. The Bertz CT molecular complexity index is 1130. The van der Waals surface area contributed by atoms with E-state index in [2.05, 4.69) is 20.5 Å². The second-order valence-corrected chi connectivity index (χ2v) is 8.56. The predicted molar refractivity (Wildman–Crippen MR) is 120 cm³/mol. The molecule has 31 heavy (non-hydrogen) atoms. The molecule has 0 spiro atoms. The summed E-state index contributed by atoms with van der Waals surface area (Å²) in [5.41, 5.74) is 1.76. The number of pyridine rings is 1. The van der Waals surface area contributed by atoms with Crippen molar-refractivity contribution in [2.45, 2.75) is 24.7 Å². The molecule has 1 amide bonds. The average molecular weight is 454 g/mol. The maximum absolute atomic E-state index is 13.4. The van der Waals surface area contributed by atoms with Crippen LogP contribution in [-0.2, 0) is 11.3 Å². The van der Waals surface area contributed by atoms with Gasteiger partial charge in [0.05, 0.1) is 11.8 Å². The van der Waals surface area contributed by atoms with Gasteiger partial charge >= 0.3 is 0 Å². The molecule has 0 saturated heterocycles. The molecular formula is C22H20FN5OS2. The van der Waals surface area contributed by atoms with Crippen molar-refractivity contribution >= 4 is 29.0 Å². The summed E-state index contributed by atoms with van der Waals surface area (Å²) in [5, 5.41) is 14.3. The largest absolute Gasteiger partial charge is 0.344 e. The first-order chi connectivity index (χ1) is 15.2. The number of nitrogens with zero attached hydrogens (tertiary/aromatic N) is 4. The molecular weight excluding hydrogens is 433 g/mol. The Morgan fingerprint density at radius 1 is 1.16 bits per heavy atom. The van der Waals surface area contributed by atoms with Crippen molar-refractivity contribution in [3.8, 4) is 11.4 Å². The Kier molecular flexibility index (Phi) is 6.73. The molecule has 3 heterocycles. The van der Waals surface area contributed by atoms with Gasteiger partial charge in [0.15, 0.2) is 11.0 Å². The highest BCUT2D eigenvalue weighted by atomic mass is 32.2. The zero-order valence-electron chi connectivity index (χ0n) is 16.7. The Labute approximate surface area is 187 Å². The number of nitrogens with one attached hydrogen (secondary N) is 1. The Morgan fingerprint density at radius 3 is 2.61 bits per heavy atom. The lowest BCUT2D eigenvalue weighted by molar-refractivity contribution is -0.119. The van der Waals surface area contributed by atoms with E-state index in [9.17, 15) is 9.18 Å². The number of thioether (sulfide) groups is 1. The van der Waals surface area contributed by atoms with Crippen LogP contribution in [0, 0.1) is 5.82 Å². The zero-order chi connectivity index (χ0) is 21.6. The minimum atomic E-state index is -0.329. The lowest BCUT2D eigenvalue weighted by Crippen LogP contribution is -2.30. The first kappa shape index (κ1) is 21.2. The number of amides is 1. The molecule has 4 rings (SSSR count). The smallest absolute Gasteiger partial charge is 0.231 e. The van der Waals surface area contributed by atoms with Crippen LogP contribution < -0.4 is 5.32 Å². The van der Waals surface area contributed by atoms with Gasteiger partial charge in [0, 0.05) is 29.4 Å². The molecule has 0 fully saturated rings. The standard InChI is InChI=1S/C22H20FN5OS2/c1-2-28-21(16-9-11-24-12-10-16)26-27-22(28)31-14-19(29)25-20(18-4-3-13-30-18)15-5-7-17(23)8-6-15/h3-13,20H,2,14H2,1H3,(H,25,29)/t20-/m0/s1. The van der Waals surface area contributed by atoms with E-state index >= 15 is 0 Å². The highest BCUT2D eigenvalue weighted by Crippen LogP contribution is 2.27. The number of benzene rings is 1. The topological polar surface area (TPSA) is 72.7 Å². The number of hydrogen-bond acceptors (Lipinski definition) is 6. The number of carbonyl (C=O) groups excluding carboxylic acids is 1. The van der Waals surface area contributed by atoms with E-state index in [0.29, 0.717) is 11.7 Å². The summed E-state index contributed by atoms with van der Waals surface area (Å²) in [6, 6.07) is 13.5. The summed E-state index contributed by atoms with van der Waals surface area (Å²) < 4.78 is 15.3. The third-order valence-corrected chi connectivity index (χ3v) is 6.54. The van der Waals surface area contributed by atoms with Crippen molar-refractivity contribution in [1.82, 2.24) is 25.1 Å². The Balaban J connectivity index is 1.47. The molecule has 0 radical (unpaired) electrons. The van der Waals surface area contributed by atoms with Gasteiger partial charge in [0.2, 0.25) is 5.91 Å². The van der Waals surface area contributed by atoms with Gasteiger partial charge in [0.25, 0.3) is 0 Å². The van der Waals surface area contributed by atoms with Crippen molar-refractivity contribution < 1.29 is 9.18 Å². The van der Waals surface area contributed by atoms with Gasteiger partial charge in [-0.15, -0.1) is 21.5 Å². The molecule has 158 valence electrons. The number of carbonyl (C=O) groups is 1. The lowest BCUT2D eigenvalue weighted by atomic mass is 10.1. The van der Waals surface area contributed by atoms with Crippen LogP contribution in [0.3, 0.4) is 0 Å². The van der Waals surface area contributed by atoms with Crippen molar-refractivity contribution in [3.63, 3.8) is 0 Å². The third kappa shape index (κ3) is 5.00. The van der Waals surface area contributed by atoms with Crippen LogP contribution in [-0.4, -0.2) is 31.4 Å². The van der Waals surface area contributed by atoms with Crippen LogP contribution in [0.1, 0.15) is 23.4 Å². The van der Waals surface area contributed by atoms with E-state index in [4.69, 9.17) is 0 Å². The summed E-state index contributed by atoms with van der Waals surface area (Å²) in [6.07, 6.45) is 3.43. The van der Waals surface area contributed by atoms with E-state index in [-0.39, 0.29) is 23.5 Å². The summed E-state index contributed by atoms with van der Waals surface area (Å²) in [5.74, 6) is 0.497. The highest BCUT2D eigenvalue weighted by molar-refractivity contribution is 7.99. The number of rotatable bonds is 8. The van der Waals surface area contributed by atoms with E-state index in [1.54, 1.807) is 35.9 Å². The molecule has 0 aliphatic carbocycles. The summed E-state index contributed by atoms with van der Waals surface area (Å²) in [6.45, 7) is 2.70. The summed E-state index contributed by atoms with van der Waals surface area (Å²) >= 11 is 2.88. The monoisotopic (exact) mass is 453 g/mol. The first-order valence-corrected chi connectivity index (χ1v) is 11.6. The molecule has 0 unspecified atom stereocenters. The van der Waals surface area contributed by atoms with Crippen LogP contribution >= 0.6 is 23.1 Å². The van der Waals surface area contributed by atoms with Gasteiger partial charge in [-0.1, -0.05) is 30.0 Å². The van der Waals surface area contributed by atoms with Crippen LogP contribution in [0.4, 0.5) is 4.39 Å². The maximum Gasteiger partial charge on any atom is 0.231 e. The number of thiophene rings is 1. The van der Waals surface area contributed by atoms with Crippen molar-refractivity contribution in [2.24, 2.45) is 0 Å². The van der Waals surface area contributed by atoms with Crippen molar-refractivity contribution in [3.05, 3.63) is 82.6 Å². The van der Waals surface area contributed by atoms with Crippen LogP contribution in [0.5, 0.6) is 0 Å². The highest BCUT2D eigenvalue weighted by Gasteiger charge is 2.20. The quantitative estimate of drug-likeness (QED) is 0.396.